The van der Waals surface area contributed by atoms with Gasteiger partial charge in [0, 0.05) is 25.0 Å². The fraction of sp³-hybridized carbons (Fsp3) is 0.467. The molecule has 1 unspecified atom stereocenters. The van der Waals surface area contributed by atoms with E-state index in [0.717, 1.165) is 0 Å². The summed E-state index contributed by atoms with van der Waals surface area (Å²) in [6.07, 6.45) is 0. The van der Waals surface area contributed by atoms with Crippen molar-refractivity contribution in [3.05, 3.63) is 23.8 Å². The minimum Gasteiger partial charge on any atom is -0.462 e. The van der Waals surface area contributed by atoms with Crippen LogP contribution in [0.25, 0.3) is 0 Å². The number of amides is 1. The van der Waals surface area contributed by atoms with E-state index in [1.807, 2.05) is 6.92 Å². The number of carbonyl (C=O) groups excluding carboxylic acids is 2. The third-order valence-electron chi connectivity index (χ3n) is 3.13. The Morgan fingerprint density at radius 2 is 2.05 bits per heavy atom. The molecule has 0 heterocycles. The molecular formula is C15H23N3O3. The normalized spacial score (nSPS) is 11.6. The summed E-state index contributed by atoms with van der Waals surface area (Å²) < 4.78 is 5.00. The van der Waals surface area contributed by atoms with Crippen LogP contribution in [0, 0.1) is 0 Å². The Hall–Kier alpha value is -2.24. The van der Waals surface area contributed by atoms with E-state index in [1.54, 1.807) is 44.0 Å². The number of nitrogens with two attached hydrogens (primary N) is 1. The van der Waals surface area contributed by atoms with Gasteiger partial charge in [0.15, 0.2) is 0 Å². The quantitative estimate of drug-likeness (QED) is 0.616. The number of nitrogen functional groups attached to an aromatic ring is 1. The number of ether oxygens (including phenoxy) is 1. The van der Waals surface area contributed by atoms with E-state index < -0.39 is 12.0 Å². The molecule has 0 bridgehead atoms. The highest BCUT2D eigenvalue weighted by Gasteiger charge is 2.19. The Kier molecular flexibility index (Phi) is 6.02. The molecule has 6 nitrogen and oxygen atoms in total. The van der Waals surface area contributed by atoms with Crippen LogP contribution in [0.4, 0.5) is 11.4 Å². The van der Waals surface area contributed by atoms with Crippen LogP contribution in [0.5, 0.6) is 0 Å². The molecule has 0 saturated carbocycles. The lowest BCUT2D eigenvalue weighted by Crippen LogP contribution is -2.39. The zero-order valence-electron chi connectivity index (χ0n) is 13.0. The van der Waals surface area contributed by atoms with Crippen LogP contribution in [0.3, 0.4) is 0 Å². The van der Waals surface area contributed by atoms with Gasteiger partial charge in [-0.25, -0.2) is 4.79 Å². The summed E-state index contributed by atoms with van der Waals surface area (Å²) in [7, 11) is 1.73. The number of likely N-dealkylation sites (N-methyl/N-ethyl adjacent to an activating group) is 1. The SMILES string of the molecule is CCOC(=O)c1cc(N)ccc1NC(C)C(=O)N(C)CC. The second kappa shape index (κ2) is 7.52. The van der Waals surface area contributed by atoms with Crippen molar-refractivity contribution in [1.29, 1.82) is 0 Å². The Balaban J connectivity index is 2.97. The summed E-state index contributed by atoms with van der Waals surface area (Å²) >= 11 is 0. The molecule has 6 heteroatoms. The summed E-state index contributed by atoms with van der Waals surface area (Å²) in [5.74, 6) is -0.514. The molecule has 0 spiro atoms. The Morgan fingerprint density at radius 3 is 2.62 bits per heavy atom. The van der Waals surface area contributed by atoms with Crippen molar-refractivity contribution >= 4 is 23.3 Å². The van der Waals surface area contributed by atoms with Gasteiger partial charge in [-0.05, 0) is 39.0 Å². The van der Waals surface area contributed by atoms with Gasteiger partial charge in [0.05, 0.1) is 12.2 Å². The average molecular weight is 293 g/mol. The third-order valence-corrected chi connectivity index (χ3v) is 3.13. The first-order chi connectivity index (χ1) is 9.90. The van der Waals surface area contributed by atoms with E-state index in [1.165, 1.54) is 0 Å². The maximum atomic E-state index is 12.1. The molecule has 0 radical (unpaired) electrons. The monoisotopic (exact) mass is 293 g/mol. The van der Waals surface area contributed by atoms with Crippen LogP contribution < -0.4 is 11.1 Å². The first-order valence-corrected chi connectivity index (χ1v) is 6.98. The van der Waals surface area contributed by atoms with Gasteiger partial charge in [-0.1, -0.05) is 0 Å². The van der Waals surface area contributed by atoms with Crippen molar-refractivity contribution in [1.82, 2.24) is 4.90 Å². The number of hydrogen-bond acceptors (Lipinski definition) is 5. The van der Waals surface area contributed by atoms with Crippen molar-refractivity contribution in [3.8, 4) is 0 Å². The maximum Gasteiger partial charge on any atom is 0.340 e. The molecule has 0 aliphatic heterocycles. The van der Waals surface area contributed by atoms with Gasteiger partial charge < -0.3 is 20.7 Å². The Bertz CT molecular complexity index is 517. The zero-order valence-corrected chi connectivity index (χ0v) is 13.0. The van der Waals surface area contributed by atoms with Crippen LogP contribution >= 0.6 is 0 Å². The maximum absolute atomic E-state index is 12.1. The van der Waals surface area contributed by atoms with E-state index in [9.17, 15) is 9.59 Å². The molecule has 1 atom stereocenters. The molecule has 3 N–H and O–H groups in total. The van der Waals surface area contributed by atoms with Crippen molar-refractivity contribution in [3.63, 3.8) is 0 Å². The third kappa shape index (κ3) is 4.37. The highest BCUT2D eigenvalue weighted by molar-refractivity contribution is 5.97. The van der Waals surface area contributed by atoms with Crippen LogP contribution in [-0.2, 0) is 9.53 Å². The van der Waals surface area contributed by atoms with Gasteiger partial charge in [0.2, 0.25) is 5.91 Å². The van der Waals surface area contributed by atoms with Gasteiger partial charge >= 0.3 is 5.97 Å². The summed E-state index contributed by atoms with van der Waals surface area (Å²) in [4.78, 5) is 25.6. The summed E-state index contributed by atoms with van der Waals surface area (Å²) in [5, 5.41) is 3.04. The Labute approximate surface area is 125 Å². The molecule has 116 valence electrons. The predicted octanol–water partition coefficient (Wildman–Crippen LogP) is 1.72. The molecule has 0 aliphatic rings. The average Bonchev–Trinajstić information content (AvgIpc) is 2.47. The van der Waals surface area contributed by atoms with Crippen molar-refractivity contribution < 1.29 is 14.3 Å². The molecule has 1 rings (SSSR count). The lowest BCUT2D eigenvalue weighted by Gasteiger charge is -2.22. The van der Waals surface area contributed by atoms with Crippen molar-refractivity contribution in [2.45, 2.75) is 26.8 Å². The number of anilines is 2. The van der Waals surface area contributed by atoms with E-state index in [4.69, 9.17) is 10.5 Å². The fourth-order valence-corrected chi connectivity index (χ4v) is 1.85. The standard InChI is InChI=1S/C15H23N3O3/c1-5-18(4)14(19)10(3)17-13-8-7-11(16)9-12(13)15(20)21-6-2/h7-10,17H,5-6,16H2,1-4H3. The van der Waals surface area contributed by atoms with Gasteiger partial charge in [0.1, 0.15) is 6.04 Å². The molecule has 21 heavy (non-hydrogen) atoms. The molecule has 0 fully saturated rings. The van der Waals surface area contributed by atoms with Crippen LogP contribution in [0.15, 0.2) is 18.2 Å². The summed E-state index contributed by atoms with van der Waals surface area (Å²) in [6, 6.07) is 4.44. The predicted molar refractivity (Wildman–Crippen MR) is 83.2 cm³/mol. The smallest absolute Gasteiger partial charge is 0.340 e. The molecule has 0 aromatic heterocycles. The van der Waals surface area contributed by atoms with Crippen LogP contribution in [0.1, 0.15) is 31.1 Å². The van der Waals surface area contributed by atoms with Crippen LogP contribution in [0.2, 0.25) is 0 Å². The number of benzene rings is 1. The van der Waals surface area contributed by atoms with E-state index in [2.05, 4.69) is 5.32 Å². The van der Waals surface area contributed by atoms with E-state index >= 15 is 0 Å². The zero-order chi connectivity index (χ0) is 16.0. The summed E-state index contributed by atoms with van der Waals surface area (Å²) in [5.41, 5.74) is 7.04. The molecular weight excluding hydrogens is 270 g/mol. The number of nitrogens with one attached hydrogen (secondary N) is 1. The number of rotatable bonds is 6. The molecule has 1 amide bonds. The van der Waals surface area contributed by atoms with Crippen molar-refractivity contribution in [2.24, 2.45) is 0 Å². The number of carbonyl (C=O) groups is 2. The lowest BCUT2D eigenvalue weighted by atomic mass is 10.1. The lowest BCUT2D eigenvalue weighted by molar-refractivity contribution is -0.130. The number of esters is 1. The topological polar surface area (TPSA) is 84.7 Å². The summed E-state index contributed by atoms with van der Waals surface area (Å²) in [6.45, 7) is 6.29. The van der Waals surface area contributed by atoms with E-state index in [0.29, 0.717) is 23.5 Å². The van der Waals surface area contributed by atoms with Gasteiger partial charge in [0.25, 0.3) is 0 Å². The highest BCUT2D eigenvalue weighted by Crippen LogP contribution is 2.21. The second-order valence-corrected chi connectivity index (χ2v) is 4.74. The molecule has 1 aromatic carbocycles. The minimum atomic E-state index is -0.462. The Morgan fingerprint density at radius 1 is 1.38 bits per heavy atom. The molecule has 0 saturated heterocycles. The number of hydrogen-bond donors (Lipinski definition) is 2. The first-order valence-electron chi connectivity index (χ1n) is 6.98. The first kappa shape index (κ1) is 16.8. The van der Waals surface area contributed by atoms with Crippen molar-refractivity contribution in [2.75, 3.05) is 31.2 Å². The number of nitrogens with zero attached hydrogens (tertiary/aromatic N) is 1. The highest BCUT2D eigenvalue weighted by atomic mass is 16.5. The minimum absolute atomic E-state index is 0.0517. The van der Waals surface area contributed by atoms with Gasteiger partial charge in [-0.3, -0.25) is 4.79 Å². The largest absolute Gasteiger partial charge is 0.462 e. The van der Waals surface area contributed by atoms with Crippen LogP contribution in [-0.4, -0.2) is 43.0 Å². The molecule has 1 aromatic rings. The van der Waals surface area contributed by atoms with E-state index in [-0.39, 0.29) is 12.5 Å². The molecule has 0 aliphatic carbocycles. The second-order valence-electron chi connectivity index (χ2n) is 4.74. The van der Waals surface area contributed by atoms with Gasteiger partial charge in [-0.15, -0.1) is 0 Å². The fourth-order valence-electron chi connectivity index (χ4n) is 1.85. The van der Waals surface area contributed by atoms with Gasteiger partial charge in [-0.2, -0.15) is 0 Å².